The van der Waals surface area contributed by atoms with E-state index in [1.54, 1.807) is 26.4 Å². The molecule has 1 aromatic heterocycles. The van der Waals surface area contributed by atoms with Gasteiger partial charge in [0.2, 0.25) is 0 Å². The summed E-state index contributed by atoms with van der Waals surface area (Å²) in [6.07, 6.45) is 1.73. The number of benzene rings is 3. The van der Waals surface area contributed by atoms with Gasteiger partial charge < -0.3 is 14.0 Å². The fourth-order valence-electron chi connectivity index (χ4n) is 4.64. The molecule has 2 amide bonds. The van der Waals surface area contributed by atoms with Crippen LogP contribution in [0.15, 0.2) is 49.0 Å². The highest BCUT2D eigenvalue weighted by Crippen LogP contribution is 2.43. The highest BCUT2D eigenvalue weighted by Gasteiger charge is 2.35. The number of amides is 2. The Balaban J connectivity index is 1.99. The van der Waals surface area contributed by atoms with Gasteiger partial charge in [0, 0.05) is 40.6 Å². The molecule has 0 unspecified atom stereocenters. The van der Waals surface area contributed by atoms with Crippen LogP contribution < -0.4 is 10.1 Å². The third kappa shape index (κ3) is 3.14. The van der Waals surface area contributed by atoms with Crippen molar-refractivity contribution < 1.29 is 19.1 Å². The van der Waals surface area contributed by atoms with Crippen molar-refractivity contribution in [2.24, 2.45) is 0 Å². The maximum atomic E-state index is 13.1. The van der Waals surface area contributed by atoms with E-state index in [9.17, 15) is 9.59 Å². The number of nitrogens with zero attached hydrogens (tertiary/aromatic N) is 1. The van der Waals surface area contributed by atoms with Crippen LogP contribution in [0.4, 0.5) is 0 Å². The topological polar surface area (TPSA) is 69.6 Å². The number of aromatic nitrogens is 1. The van der Waals surface area contributed by atoms with E-state index in [1.807, 2.05) is 36.4 Å². The second-order valence-electron chi connectivity index (χ2n) is 7.79. The molecule has 3 aromatic carbocycles. The number of methoxy groups -OCH3 is 2. The largest absolute Gasteiger partial charge is 0.496 e. The molecule has 2 heterocycles. The Hall–Kier alpha value is -3.61. The Bertz CT molecular complexity index is 1490. The predicted molar refractivity (Wildman–Crippen MR) is 130 cm³/mol. The van der Waals surface area contributed by atoms with Crippen LogP contribution in [-0.2, 0) is 11.3 Å². The second kappa shape index (κ2) is 8.06. The Morgan fingerprint density at radius 1 is 1.03 bits per heavy atom. The third-order valence-corrected chi connectivity index (χ3v) is 6.42. The standard InChI is InChI=1S/C26H21ClN2O4/c1-4-14-11-19-17(13-21(14)33-3)22-20(29(19)9-10-32-2)12-16(15-7-5-6-8-18(15)27)23-24(22)26(31)28-25(23)30/h4-8,11-13H,1,9-10H2,2-3H3,(H,28,30,31). The lowest BCUT2D eigenvalue weighted by Gasteiger charge is -2.12. The van der Waals surface area contributed by atoms with Gasteiger partial charge in [0.15, 0.2) is 0 Å². The molecule has 0 saturated carbocycles. The van der Waals surface area contributed by atoms with E-state index in [0.29, 0.717) is 51.6 Å². The molecule has 5 rings (SSSR count). The first-order valence-electron chi connectivity index (χ1n) is 10.4. The first kappa shape index (κ1) is 21.2. The van der Waals surface area contributed by atoms with Gasteiger partial charge in [-0.15, -0.1) is 0 Å². The molecule has 33 heavy (non-hydrogen) atoms. The molecule has 0 spiro atoms. The SMILES string of the molecule is C=Cc1cc2c(cc1OC)c1c3c(c(-c4ccccc4Cl)cc1n2CCOC)C(=O)NC3=O. The van der Waals surface area contributed by atoms with Gasteiger partial charge >= 0.3 is 0 Å². The lowest BCUT2D eigenvalue weighted by atomic mass is 9.92. The van der Waals surface area contributed by atoms with Crippen molar-refractivity contribution in [3.8, 4) is 16.9 Å². The minimum atomic E-state index is -0.431. The molecular formula is C26H21ClN2O4. The van der Waals surface area contributed by atoms with Crippen molar-refractivity contribution in [2.75, 3.05) is 20.8 Å². The molecule has 0 aliphatic carbocycles. The van der Waals surface area contributed by atoms with E-state index in [1.165, 1.54) is 0 Å². The lowest BCUT2D eigenvalue weighted by molar-refractivity contribution is 0.0880. The van der Waals surface area contributed by atoms with Crippen molar-refractivity contribution in [3.63, 3.8) is 0 Å². The summed E-state index contributed by atoms with van der Waals surface area (Å²) < 4.78 is 13.0. The molecule has 166 valence electrons. The Labute approximate surface area is 195 Å². The molecule has 6 nitrogen and oxygen atoms in total. The molecule has 1 aliphatic heterocycles. The smallest absolute Gasteiger partial charge is 0.259 e. The highest BCUT2D eigenvalue weighted by molar-refractivity contribution is 6.36. The van der Waals surface area contributed by atoms with Gasteiger partial charge in [0.1, 0.15) is 5.75 Å². The normalized spacial score (nSPS) is 12.9. The van der Waals surface area contributed by atoms with Gasteiger partial charge in [-0.25, -0.2) is 0 Å². The summed E-state index contributed by atoms with van der Waals surface area (Å²) in [6.45, 7) is 4.92. The summed E-state index contributed by atoms with van der Waals surface area (Å²) in [5, 5.41) is 4.48. The Morgan fingerprint density at radius 2 is 1.79 bits per heavy atom. The minimum Gasteiger partial charge on any atom is -0.496 e. The summed E-state index contributed by atoms with van der Waals surface area (Å²) >= 11 is 6.51. The highest BCUT2D eigenvalue weighted by atomic mass is 35.5. The van der Waals surface area contributed by atoms with Crippen molar-refractivity contribution in [1.29, 1.82) is 0 Å². The average Bonchev–Trinajstić information content (AvgIpc) is 3.29. The van der Waals surface area contributed by atoms with Gasteiger partial charge in [-0.05, 0) is 29.8 Å². The third-order valence-electron chi connectivity index (χ3n) is 6.09. The van der Waals surface area contributed by atoms with Gasteiger partial charge in [-0.1, -0.05) is 42.5 Å². The van der Waals surface area contributed by atoms with Crippen LogP contribution in [0.3, 0.4) is 0 Å². The molecule has 1 aliphatic rings. The summed E-state index contributed by atoms with van der Waals surface area (Å²) in [5.41, 5.74) is 4.52. The molecule has 0 atom stereocenters. The van der Waals surface area contributed by atoms with Crippen molar-refractivity contribution in [2.45, 2.75) is 6.54 Å². The van der Waals surface area contributed by atoms with Crippen LogP contribution >= 0.6 is 11.6 Å². The Morgan fingerprint density at radius 3 is 2.48 bits per heavy atom. The molecule has 0 fully saturated rings. The molecule has 0 bridgehead atoms. The van der Waals surface area contributed by atoms with Crippen LogP contribution in [0.5, 0.6) is 5.75 Å². The zero-order chi connectivity index (χ0) is 23.3. The van der Waals surface area contributed by atoms with Crippen LogP contribution in [0.2, 0.25) is 5.02 Å². The monoisotopic (exact) mass is 460 g/mol. The fourth-order valence-corrected chi connectivity index (χ4v) is 4.87. The van der Waals surface area contributed by atoms with Crippen LogP contribution in [0.1, 0.15) is 26.3 Å². The van der Waals surface area contributed by atoms with Gasteiger partial charge in [0.05, 0.1) is 35.9 Å². The van der Waals surface area contributed by atoms with Crippen molar-refractivity contribution >= 4 is 51.3 Å². The van der Waals surface area contributed by atoms with Gasteiger partial charge in [-0.2, -0.15) is 0 Å². The molecule has 4 aromatic rings. The molecule has 0 saturated heterocycles. The number of ether oxygens (including phenoxy) is 2. The fraction of sp³-hybridized carbons (Fsp3) is 0.154. The summed E-state index contributed by atoms with van der Waals surface area (Å²) in [6, 6.07) is 13.1. The Kier molecular flexibility index (Phi) is 5.19. The van der Waals surface area contributed by atoms with Crippen molar-refractivity contribution in [1.82, 2.24) is 9.88 Å². The zero-order valence-electron chi connectivity index (χ0n) is 18.2. The molecule has 1 N–H and O–H groups in total. The molecule has 7 heteroatoms. The summed E-state index contributed by atoms with van der Waals surface area (Å²) in [4.78, 5) is 26.0. The van der Waals surface area contributed by atoms with E-state index < -0.39 is 11.8 Å². The van der Waals surface area contributed by atoms with E-state index in [4.69, 9.17) is 21.1 Å². The van der Waals surface area contributed by atoms with E-state index in [2.05, 4.69) is 16.5 Å². The van der Waals surface area contributed by atoms with Crippen LogP contribution in [-0.4, -0.2) is 37.2 Å². The number of rotatable bonds is 6. The average molecular weight is 461 g/mol. The number of nitrogens with one attached hydrogen (secondary N) is 1. The number of carbonyl (C=O) groups excluding carboxylic acids is 2. The predicted octanol–water partition coefficient (Wildman–Crippen LogP) is 5.30. The van der Waals surface area contributed by atoms with Crippen molar-refractivity contribution in [3.05, 3.63) is 70.8 Å². The maximum absolute atomic E-state index is 13.1. The van der Waals surface area contributed by atoms with Crippen LogP contribution in [0.25, 0.3) is 39.0 Å². The first-order valence-corrected chi connectivity index (χ1v) is 10.8. The van der Waals surface area contributed by atoms with Gasteiger partial charge in [-0.3, -0.25) is 14.9 Å². The van der Waals surface area contributed by atoms with E-state index >= 15 is 0 Å². The number of fused-ring (bicyclic) bond motifs is 5. The van der Waals surface area contributed by atoms with E-state index in [0.717, 1.165) is 22.0 Å². The second-order valence-corrected chi connectivity index (χ2v) is 8.20. The number of imide groups is 1. The molecule has 0 radical (unpaired) electrons. The van der Waals surface area contributed by atoms with E-state index in [-0.39, 0.29) is 0 Å². The number of hydrogen-bond acceptors (Lipinski definition) is 4. The van der Waals surface area contributed by atoms with Crippen LogP contribution in [0, 0.1) is 0 Å². The summed E-state index contributed by atoms with van der Waals surface area (Å²) in [7, 11) is 3.24. The first-order chi connectivity index (χ1) is 16.0. The number of carbonyl (C=O) groups is 2. The number of halogens is 1. The lowest BCUT2D eigenvalue weighted by Crippen LogP contribution is -2.20. The maximum Gasteiger partial charge on any atom is 0.259 e. The zero-order valence-corrected chi connectivity index (χ0v) is 19.0. The quantitative estimate of drug-likeness (QED) is 0.396. The molecular weight excluding hydrogens is 440 g/mol. The van der Waals surface area contributed by atoms with Gasteiger partial charge in [0.25, 0.3) is 11.8 Å². The summed E-state index contributed by atoms with van der Waals surface area (Å²) in [5.74, 6) is -0.220. The minimum absolute atomic E-state index is 0.332. The number of hydrogen-bond donors (Lipinski definition) is 1.